The normalized spacial score (nSPS) is 17.4. The van der Waals surface area contributed by atoms with E-state index >= 15 is 0 Å². The number of aromatic nitrogens is 1. The molecule has 0 saturated carbocycles. The van der Waals surface area contributed by atoms with Crippen molar-refractivity contribution in [2.75, 3.05) is 5.32 Å². The van der Waals surface area contributed by atoms with Gasteiger partial charge in [-0.15, -0.1) is 0 Å². The lowest BCUT2D eigenvalue weighted by Gasteiger charge is -2.21. The number of halogens is 1. The zero-order valence-corrected chi connectivity index (χ0v) is 16.4. The number of para-hydroxylation sites is 1. The second-order valence-corrected chi connectivity index (χ2v) is 7.39. The van der Waals surface area contributed by atoms with Gasteiger partial charge in [0.25, 0.3) is 5.91 Å². The molecule has 1 aromatic heterocycles. The van der Waals surface area contributed by atoms with Crippen LogP contribution < -0.4 is 10.6 Å². The van der Waals surface area contributed by atoms with Crippen molar-refractivity contribution in [2.24, 2.45) is 0 Å². The molecule has 148 valence electrons. The van der Waals surface area contributed by atoms with Gasteiger partial charge >= 0.3 is 6.03 Å². The number of anilines is 1. The maximum Gasteiger partial charge on any atom is 0.325 e. The zero-order chi connectivity index (χ0) is 20.5. The third kappa shape index (κ3) is 3.69. The Morgan fingerprint density at radius 2 is 2.00 bits per heavy atom. The van der Waals surface area contributed by atoms with E-state index in [9.17, 15) is 14.4 Å². The van der Waals surface area contributed by atoms with Gasteiger partial charge in [-0.3, -0.25) is 14.5 Å². The molecule has 0 bridgehead atoms. The summed E-state index contributed by atoms with van der Waals surface area (Å²) in [5.41, 5.74) is 2.39. The Morgan fingerprint density at radius 1 is 1.21 bits per heavy atom. The topological polar surface area (TPSA) is 94.3 Å². The van der Waals surface area contributed by atoms with Crippen LogP contribution in [0.15, 0.2) is 54.7 Å². The number of urea groups is 1. The summed E-state index contributed by atoms with van der Waals surface area (Å²) in [6.07, 6.45) is 2.18. The standard InChI is InChI=1S/C21H19ClN4O3/c1-12(19(27)24-15-6-4-5-14(22)10-15)26-20(28)18(25-21(26)29)9-13-11-23-17-8-3-2-7-16(13)17/h2-8,10-12,18,23H,9H2,1H3,(H,24,27)(H,25,29)/t12-,18+/m0/s1. The first-order valence-corrected chi connectivity index (χ1v) is 9.57. The highest BCUT2D eigenvalue weighted by Crippen LogP contribution is 2.22. The Bertz CT molecular complexity index is 1110. The molecule has 0 radical (unpaired) electrons. The van der Waals surface area contributed by atoms with Gasteiger partial charge < -0.3 is 15.6 Å². The number of imide groups is 1. The SMILES string of the molecule is C[C@@H](C(=O)Nc1cccc(Cl)c1)N1C(=O)N[C@H](Cc2c[nH]c3ccccc23)C1=O. The van der Waals surface area contributed by atoms with E-state index in [-0.39, 0.29) is 0 Å². The molecule has 4 rings (SSSR count). The molecular weight excluding hydrogens is 392 g/mol. The summed E-state index contributed by atoms with van der Waals surface area (Å²) < 4.78 is 0. The van der Waals surface area contributed by atoms with Crippen LogP contribution in [0.1, 0.15) is 12.5 Å². The van der Waals surface area contributed by atoms with Crippen LogP contribution in [0.5, 0.6) is 0 Å². The third-order valence-electron chi connectivity index (χ3n) is 5.01. The number of fused-ring (bicyclic) bond motifs is 1. The van der Waals surface area contributed by atoms with E-state index in [1.54, 1.807) is 24.3 Å². The van der Waals surface area contributed by atoms with Gasteiger partial charge in [-0.1, -0.05) is 35.9 Å². The zero-order valence-electron chi connectivity index (χ0n) is 15.6. The number of carbonyl (C=O) groups is 3. The molecule has 2 atom stereocenters. The number of rotatable bonds is 5. The molecule has 2 aromatic carbocycles. The third-order valence-corrected chi connectivity index (χ3v) is 5.24. The lowest BCUT2D eigenvalue weighted by Crippen LogP contribution is -2.46. The highest BCUT2D eigenvalue weighted by atomic mass is 35.5. The average molecular weight is 411 g/mol. The maximum atomic E-state index is 12.9. The summed E-state index contributed by atoms with van der Waals surface area (Å²) in [7, 11) is 0. The van der Waals surface area contributed by atoms with Crippen molar-refractivity contribution in [3.63, 3.8) is 0 Å². The van der Waals surface area contributed by atoms with Crippen molar-refractivity contribution < 1.29 is 14.4 Å². The largest absolute Gasteiger partial charge is 0.361 e. The number of hydrogen-bond donors (Lipinski definition) is 3. The predicted molar refractivity (Wildman–Crippen MR) is 111 cm³/mol. The van der Waals surface area contributed by atoms with Gasteiger partial charge in [0.2, 0.25) is 5.91 Å². The molecule has 1 fully saturated rings. The quantitative estimate of drug-likeness (QED) is 0.563. The van der Waals surface area contributed by atoms with E-state index in [0.717, 1.165) is 21.4 Å². The van der Waals surface area contributed by atoms with E-state index in [0.29, 0.717) is 17.1 Å². The van der Waals surface area contributed by atoms with Crippen LogP contribution in [0, 0.1) is 0 Å². The fourth-order valence-corrected chi connectivity index (χ4v) is 3.69. The summed E-state index contributed by atoms with van der Waals surface area (Å²) in [6, 6.07) is 12.2. The average Bonchev–Trinajstić information content (AvgIpc) is 3.22. The van der Waals surface area contributed by atoms with Gasteiger partial charge in [-0.25, -0.2) is 4.79 Å². The first kappa shape index (κ1) is 19.0. The van der Waals surface area contributed by atoms with E-state index in [1.807, 2.05) is 30.5 Å². The van der Waals surface area contributed by atoms with E-state index < -0.39 is 29.9 Å². The van der Waals surface area contributed by atoms with Crippen molar-refractivity contribution in [3.8, 4) is 0 Å². The lowest BCUT2D eigenvalue weighted by molar-refractivity contribution is -0.133. The van der Waals surface area contributed by atoms with Crippen molar-refractivity contribution in [1.29, 1.82) is 0 Å². The van der Waals surface area contributed by atoms with Gasteiger partial charge in [0.05, 0.1) is 0 Å². The number of benzene rings is 2. The molecule has 29 heavy (non-hydrogen) atoms. The Morgan fingerprint density at radius 3 is 2.79 bits per heavy atom. The van der Waals surface area contributed by atoms with Crippen molar-refractivity contribution in [3.05, 3.63) is 65.3 Å². The molecule has 4 amide bonds. The predicted octanol–water partition coefficient (Wildman–Crippen LogP) is 3.31. The molecule has 0 spiro atoms. The number of nitrogens with zero attached hydrogens (tertiary/aromatic N) is 1. The fourth-order valence-electron chi connectivity index (χ4n) is 3.50. The van der Waals surface area contributed by atoms with Gasteiger partial charge in [0.1, 0.15) is 12.1 Å². The number of aromatic amines is 1. The second kappa shape index (κ2) is 7.60. The summed E-state index contributed by atoms with van der Waals surface area (Å²) in [5, 5.41) is 6.85. The molecule has 3 N–H and O–H groups in total. The smallest absolute Gasteiger partial charge is 0.325 e. The number of nitrogens with one attached hydrogen (secondary N) is 3. The van der Waals surface area contributed by atoms with Gasteiger partial charge in [0, 0.05) is 34.2 Å². The van der Waals surface area contributed by atoms with Crippen LogP contribution in [0.2, 0.25) is 5.02 Å². The van der Waals surface area contributed by atoms with Crippen molar-refractivity contribution in [2.45, 2.75) is 25.4 Å². The summed E-state index contributed by atoms with van der Waals surface area (Å²) in [4.78, 5) is 42.0. The van der Waals surface area contributed by atoms with Crippen LogP contribution in [-0.4, -0.2) is 39.8 Å². The molecule has 1 aliphatic heterocycles. The number of hydrogen-bond acceptors (Lipinski definition) is 3. The Balaban J connectivity index is 1.48. The van der Waals surface area contributed by atoms with Crippen LogP contribution in [0.25, 0.3) is 10.9 Å². The molecule has 3 aromatic rings. The second-order valence-electron chi connectivity index (χ2n) is 6.95. The van der Waals surface area contributed by atoms with Gasteiger partial charge in [-0.05, 0) is 36.8 Å². The first-order valence-electron chi connectivity index (χ1n) is 9.19. The first-order chi connectivity index (χ1) is 13.9. The van der Waals surface area contributed by atoms with Crippen molar-refractivity contribution in [1.82, 2.24) is 15.2 Å². The minimum atomic E-state index is -0.963. The van der Waals surface area contributed by atoms with E-state index in [4.69, 9.17) is 11.6 Å². The van der Waals surface area contributed by atoms with Gasteiger partial charge in [0.15, 0.2) is 0 Å². The van der Waals surface area contributed by atoms with Gasteiger partial charge in [-0.2, -0.15) is 0 Å². The monoisotopic (exact) mass is 410 g/mol. The molecular formula is C21H19ClN4O3. The Labute approximate surface area is 172 Å². The number of carbonyl (C=O) groups excluding carboxylic acids is 3. The minimum Gasteiger partial charge on any atom is -0.361 e. The van der Waals surface area contributed by atoms with E-state index in [1.165, 1.54) is 6.92 Å². The van der Waals surface area contributed by atoms with Crippen LogP contribution in [0.4, 0.5) is 10.5 Å². The number of H-pyrrole nitrogens is 1. The highest BCUT2D eigenvalue weighted by molar-refractivity contribution is 6.30. The molecule has 8 heteroatoms. The minimum absolute atomic E-state index is 0.341. The van der Waals surface area contributed by atoms with Crippen LogP contribution in [0.3, 0.4) is 0 Å². The summed E-state index contributed by atoms with van der Waals surface area (Å²) in [5.74, 6) is -0.891. The maximum absolute atomic E-state index is 12.9. The summed E-state index contributed by atoms with van der Waals surface area (Å²) >= 11 is 5.93. The molecule has 0 unspecified atom stereocenters. The molecule has 1 saturated heterocycles. The van der Waals surface area contributed by atoms with Crippen LogP contribution >= 0.6 is 11.6 Å². The molecule has 0 aliphatic carbocycles. The number of amides is 4. The Kier molecular flexibility index (Phi) is 4.98. The molecule has 1 aliphatic rings. The molecule has 2 heterocycles. The van der Waals surface area contributed by atoms with E-state index in [2.05, 4.69) is 15.6 Å². The summed E-state index contributed by atoms with van der Waals surface area (Å²) in [6.45, 7) is 1.52. The molecule has 7 nitrogen and oxygen atoms in total. The van der Waals surface area contributed by atoms with Crippen LogP contribution in [-0.2, 0) is 16.0 Å². The fraction of sp³-hybridized carbons (Fsp3) is 0.190. The Hall–Kier alpha value is -3.32. The lowest BCUT2D eigenvalue weighted by atomic mass is 10.0. The van der Waals surface area contributed by atoms with Crippen molar-refractivity contribution >= 4 is 46.0 Å². The highest BCUT2D eigenvalue weighted by Gasteiger charge is 2.43.